The second-order valence-electron chi connectivity index (χ2n) is 29.0. The van der Waals surface area contributed by atoms with Gasteiger partial charge in [0.05, 0.1) is 60.4 Å². The minimum absolute atomic E-state index is 0.00422. The number of amides is 5. The van der Waals surface area contributed by atoms with E-state index in [1.54, 1.807) is 106 Å². The minimum Gasteiger partial charge on any atom is -0.473 e. The number of nitrogens with one attached hydrogen (secondary N) is 6. The summed E-state index contributed by atoms with van der Waals surface area (Å²) >= 11 is 0. The van der Waals surface area contributed by atoms with Crippen molar-refractivity contribution in [3.8, 4) is 52.2 Å². The lowest BCUT2D eigenvalue weighted by molar-refractivity contribution is -0.128. The summed E-state index contributed by atoms with van der Waals surface area (Å²) in [6, 6.07) is 0. The number of H-pyrrole nitrogens is 6. The third-order valence-electron chi connectivity index (χ3n) is 20.9. The zero-order chi connectivity index (χ0) is 84.5. The molecule has 5 aliphatic rings. The van der Waals surface area contributed by atoms with E-state index in [4.69, 9.17) is 23.7 Å². The molecule has 0 aliphatic carbocycles. The van der Waals surface area contributed by atoms with Gasteiger partial charge in [-0.25, -0.2) is 64.5 Å². The van der Waals surface area contributed by atoms with Crippen LogP contribution < -0.4 is 23.7 Å². The first-order valence-electron chi connectivity index (χ1n) is 39.5. The highest BCUT2D eigenvalue weighted by molar-refractivity contribution is 5.91. The molecule has 0 radical (unpaired) electrons. The number of aromatic nitrogens is 21. The van der Waals surface area contributed by atoms with E-state index in [-0.39, 0.29) is 60.1 Å². The number of piperidine rings is 5. The molecule has 12 aromatic rings. The van der Waals surface area contributed by atoms with E-state index in [1.807, 2.05) is 13.2 Å². The number of nitrogens with zero attached hydrogens (tertiary/aromatic N) is 20. The van der Waals surface area contributed by atoms with E-state index < -0.39 is 18.3 Å². The first kappa shape index (κ1) is 84.2. The van der Waals surface area contributed by atoms with Gasteiger partial charge < -0.3 is 88.4 Å². The molecule has 17 heterocycles. The predicted molar refractivity (Wildman–Crippen MR) is 439 cm³/mol. The van der Waals surface area contributed by atoms with Crippen molar-refractivity contribution in [2.24, 2.45) is 7.05 Å². The number of ether oxygens (including phenoxy) is 5. The molecule has 3 atom stereocenters. The van der Waals surface area contributed by atoms with Crippen LogP contribution in [-0.4, -0.2) is 270 Å². The molecule has 5 saturated heterocycles. The summed E-state index contributed by atoms with van der Waals surface area (Å²) < 4.78 is 31.3. The van der Waals surface area contributed by atoms with Crippen molar-refractivity contribution in [1.29, 1.82) is 0 Å². The summed E-state index contributed by atoms with van der Waals surface area (Å²) in [5.74, 6) is 3.36. The van der Waals surface area contributed by atoms with Gasteiger partial charge in [0.15, 0.2) is 39.9 Å². The molecule has 0 spiro atoms. The molecule has 9 N–H and O–H groups in total. The summed E-state index contributed by atoms with van der Waals surface area (Å²) in [7, 11) is 1.83. The molecule has 120 heavy (non-hydrogen) atoms. The Hall–Kier alpha value is -13.7. The molecule has 5 fully saturated rings. The number of carbonyl (C=O) groups excluding carboxylic acids is 5. The highest BCUT2D eigenvalue weighted by Gasteiger charge is 2.30. The maximum Gasteiger partial charge on any atom is 0.245 e. The summed E-state index contributed by atoms with van der Waals surface area (Å²) in [5.41, 5.74) is 10.1. The Balaban J connectivity index is 0.000000130. The Labute approximate surface area is 687 Å². The van der Waals surface area contributed by atoms with E-state index in [2.05, 4.69) is 133 Å². The summed E-state index contributed by atoms with van der Waals surface area (Å²) in [4.78, 5) is 134. The van der Waals surface area contributed by atoms with Crippen LogP contribution in [0.5, 0.6) is 29.4 Å². The van der Waals surface area contributed by atoms with Crippen LogP contribution in [0.1, 0.15) is 120 Å². The van der Waals surface area contributed by atoms with Gasteiger partial charge in [-0.2, -0.15) is 10.2 Å². The smallest absolute Gasteiger partial charge is 0.245 e. The highest BCUT2D eigenvalue weighted by atomic mass is 16.5. The number of aromatic amines is 6. The molecule has 0 bridgehead atoms. The molecule has 12 aromatic heterocycles. The first-order valence-corrected chi connectivity index (χ1v) is 39.5. The third kappa shape index (κ3) is 20.5. The zero-order valence-electron chi connectivity index (χ0n) is 67.0. The molecule has 5 aliphatic heterocycles. The molecule has 628 valence electrons. The van der Waals surface area contributed by atoms with E-state index in [9.17, 15) is 39.3 Å². The average molecular weight is 1640 g/mol. The van der Waals surface area contributed by atoms with Crippen molar-refractivity contribution in [2.45, 2.75) is 134 Å². The third-order valence-corrected chi connectivity index (χ3v) is 20.9. The molecule has 17 rings (SSSR count). The van der Waals surface area contributed by atoms with Gasteiger partial charge in [0, 0.05) is 184 Å². The Morgan fingerprint density at radius 1 is 0.375 bits per heavy atom. The SMILES string of the molecule is C=CC(=O)N1CCC(Oc2cnc3[nH]cc(-c4ncn[nH]4)c3n2)CC1.C=CC(=O)N1CCC(Oc2cnc3[nH]cc(-c4ncnn4C)c3n2)CC1.C=CC(=O)N1CCC(Oc2cnc3[nH]cc(C(C)O)c3n2)CC1.C=CC(=O)N1CCC(Oc2cnc3[nH]cc([C@@H](C)O)c3n2)CC1.C=CC(=O)N1CCC(Oc2cnc3[nH]cc([C@H](C)O)c3n2)CC1. The lowest BCUT2D eigenvalue weighted by Gasteiger charge is -2.31. The monoisotopic (exact) mass is 1640 g/mol. The van der Waals surface area contributed by atoms with Crippen LogP contribution in [0.25, 0.3) is 78.6 Å². The maximum absolute atomic E-state index is 11.7. The standard InChI is InChI=1S/C17H19N7O2.C16H17N7O2.3C16H20N4O3/c1-3-14(25)24-6-4-11(5-7-24)26-13-9-19-16-15(22-13)12(8-18-16)17-20-10-21-23(17)2;1-2-13(24)23-5-3-10(4-6-23)25-12-8-18-16-14(21-12)11(7-17-16)15-19-9-20-22-15;3*1-3-14(22)20-6-4-11(5-7-20)23-13-9-18-16-15(19-13)12(8-17-16)10(2)21/h3,8-11H,1,4-7H2,2H3,(H,18,19);2,7-10H,1,3-6H2,(H,17,18)(H,19,20,22);3*3,8-11,21H,1,4-7H2,2H3,(H,17,18)/t;;2*10-;/m..10./s1. The number of carbonyl (C=O) groups is 5. The van der Waals surface area contributed by atoms with Crippen molar-refractivity contribution >= 4 is 85.4 Å². The molecule has 0 aromatic carbocycles. The minimum atomic E-state index is -0.624. The van der Waals surface area contributed by atoms with Gasteiger partial charge in [-0.05, 0) is 51.2 Å². The van der Waals surface area contributed by atoms with E-state index in [0.29, 0.717) is 179 Å². The number of hydrogen-bond acceptors (Lipinski definition) is 27. The van der Waals surface area contributed by atoms with Gasteiger partial charge in [0.25, 0.3) is 0 Å². The van der Waals surface area contributed by atoms with Crippen LogP contribution >= 0.6 is 0 Å². The fraction of sp³-hybridized carbons (Fsp3) is 0.395. The van der Waals surface area contributed by atoms with Crippen molar-refractivity contribution in [3.05, 3.63) is 155 Å². The molecule has 1 unspecified atom stereocenters. The number of aliphatic hydroxyl groups is 3. The zero-order valence-corrected chi connectivity index (χ0v) is 67.0. The maximum atomic E-state index is 11.7. The Bertz CT molecular complexity index is 5280. The van der Waals surface area contributed by atoms with Gasteiger partial charge in [-0.3, -0.25) is 29.1 Å². The fourth-order valence-corrected chi connectivity index (χ4v) is 14.4. The van der Waals surface area contributed by atoms with Gasteiger partial charge >= 0.3 is 0 Å². The Morgan fingerprint density at radius 3 is 0.883 bits per heavy atom. The Morgan fingerprint density at radius 2 is 0.633 bits per heavy atom. The fourth-order valence-electron chi connectivity index (χ4n) is 14.4. The van der Waals surface area contributed by atoms with Crippen molar-refractivity contribution < 1.29 is 63.0 Å². The second kappa shape index (κ2) is 39.0. The van der Waals surface area contributed by atoms with E-state index >= 15 is 0 Å². The molecule has 5 amide bonds. The van der Waals surface area contributed by atoms with Crippen LogP contribution in [0, 0.1) is 0 Å². The van der Waals surface area contributed by atoms with Gasteiger partial charge in [0.2, 0.25) is 58.9 Å². The number of aryl methyl sites for hydroxylation is 1. The van der Waals surface area contributed by atoms with Crippen LogP contribution in [0.4, 0.5) is 0 Å². The lowest BCUT2D eigenvalue weighted by atomic mass is 10.1. The van der Waals surface area contributed by atoms with Crippen LogP contribution in [0.3, 0.4) is 0 Å². The van der Waals surface area contributed by atoms with Gasteiger partial charge in [-0.15, -0.1) is 0 Å². The van der Waals surface area contributed by atoms with Crippen molar-refractivity contribution in [2.75, 3.05) is 65.4 Å². The van der Waals surface area contributed by atoms with Gasteiger partial charge in [-0.1, -0.05) is 32.9 Å². The number of likely N-dealkylation sites (tertiary alicyclic amines) is 5. The molecule has 0 saturated carbocycles. The number of rotatable bonds is 20. The van der Waals surface area contributed by atoms with Crippen LogP contribution in [0.15, 0.2) is 138 Å². The second-order valence-corrected chi connectivity index (χ2v) is 29.0. The predicted octanol–water partition coefficient (Wildman–Crippen LogP) is 7.31. The quantitative estimate of drug-likeness (QED) is 0.0338. The normalized spacial score (nSPS) is 16.4. The summed E-state index contributed by atoms with van der Waals surface area (Å²) in [5, 5.41) is 40.0. The van der Waals surface area contributed by atoms with E-state index in [1.165, 1.54) is 43.0 Å². The van der Waals surface area contributed by atoms with Crippen LogP contribution in [0.2, 0.25) is 0 Å². The lowest BCUT2D eigenvalue weighted by Crippen LogP contribution is -2.41. The molecule has 39 heteroatoms. The first-order chi connectivity index (χ1) is 58.1. The van der Waals surface area contributed by atoms with Crippen molar-refractivity contribution in [3.63, 3.8) is 0 Å². The molecular weight excluding hydrogens is 1550 g/mol. The largest absolute Gasteiger partial charge is 0.473 e. The topological polar surface area (TPSA) is 489 Å². The Kier molecular flexibility index (Phi) is 27.4. The average Bonchev–Trinajstić information content (AvgIpc) is 1.64. The highest BCUT2D eigenvalue weighted by Crippen LogP contribution is 2.32. The number of fused-ring (bicyclic) bond motifs is 5. The molecule has 39 nitrogen and oxygen atoms in total. The van der Waals surface area contributed by atoms with E-state index in [0.717, 1.165) is 75.3 Å². The molecular formula is C81H96N26O13. The number of hydrogen-bond donors (Lipinski definition) is 9. The number of aliphatic hydroxyl groups excluding tert-OH is 3. The summed E-state index contributed by atoms with van der Waals surface area (Å²) in [6.45, 7) is 29.1. The summed E-state index contributed by atoms with van der Waals surface area (Å²) in [6.07, 6.45) is 32.0. The van der Waals surface area contributed by atoms with Crippen LogP contribution in [-0.2, 0) is 31.0 Å². The van der Waals surface area contributed by atoms with Crippen molar-refractivity contribution in [1.82, 2.24) is 129 Å². The van der Waals surface area contributed by atoms with Gasteiger partial charge in [0.1, 0.15) is 70.8 Å².